The molecule has 2 aromatic carbocycles. The van der Waals surface area contributed by atoms with Crippen LogP contribution in [0.3, 0.4) is 0 Å². The Kier molecular flexibility index (Phi) is 4.39. The van der Waals surface area contributed by atoms with E-state index in [2.05, 4.69) is 5.32 Å². The first-order valence-corrected chi connectivity index (χ1v) is 7.48. The number of hydrogen-bond acceptors (Lipinski definition) is 3. The zero-order chi connectivity index (χ0) is 15.4. The lowest BCUT2D eigenvalue weighted by Gasteiger charge is -2.13. The second-order valence-electron chi connectivity index (χ2n) is 5.53. The van der Waals surface area contributed by atoms with Crippen molar-refractivity contribution in [1.29, 1.82) is 0 Å². The number of ether oxygens (including phenoxy) is 1. The molecule has 0 spiro atoms. The third-order valence-corrected chi connectivity index (χ3v) is 3.98. The summed E-state index contributed by atoms with van der Waals surface area (Å²) in [5, 5.41) is 12.2. The molecule has 22 heavy (non-hydrogen) atoms. The third kappa shape index (κ3) is 3.46. The van der Waals surface area contributed by atoms with Crippen LogP contribution in [0.25, 0.3) is 0 Å². The van der Waals surface area contributed by atoms with Gasteiger partial charge >= 0.3 is 5.97 Å². The van der Waals surface area contributed by atoms with Crippen molar-refractivity contribution >= 4 is 5.97 Å². The molecule has 0 bridgehead atoms. The van der Waals surface area contributed by atoms with Crippen molar-refractivity contribution in [3.63, 3.8) is 0 Å². The van der Waals surface area contributed by atoms with Gasteiger partial charge in [0.2, 0.25) is 0 Å². The Morgan fingerprint density at radius 1 is 1.09 bits per heavy atom. The molecule has 1 heterocycles. The number of benzene rings is 2. The van der Waals surface area contributed by atoms with Crippen LogP contribution in [-0.2, 0) is 11.4 Å². The summed E-state index contributed by atoms with van der Waals surface area (Å²) in [6.07, 6.45) is 1.52. The van der Waals surface area contributed by atoms with E-state index in [4.69, 9.17) is 9.84 Å². The maximum atomic E-state index is 11.0. The van der Waals surface area contributed by atoms with Crippen molar-refractivity contribution in [2.24, 2.45) is 0 Å². The maximum absolute atomic E-state index is 11.0. The van der Waals surface area contributed by atoms with Crippen molar-refractivity contribution in [2.45, 2.75) is 31.5 Å². The number of rotatable bonds is 5. The van der Waals surface area contributed by atoms with E-state index in [1.54, 1.807) is 0 Å². The molecule has 1 unspecified atom stereocenters. The zero-order valence-corrected chi connectivity index (χ0v) is 12.2. The minimum atomic E-state index is -0.773. The predicted octanol–water partition coefficient (Wildman–Crippen LogP) is 3.14. The number of aliphatic carboxylic acids is 1. The van der Waals surface area contributed by atoms with Crippen LogP contribution in [0.4, 0.5) is 0 Å². The SMILES string of the molecule is O=C(O)C1CC[C@H](c2ccc(OCc3ccccc3)cc2)N1. The van der Waals surface area contributed by atoms with E-state index in [1.807, 2.05) is 54.6 Å². The molecule has 0 radical (unpaired) electrons. The monoisotopic (exact) mass is 297 g/mol. The number of nitrogens with one attached hydrogen (secondary N) is 1. The highest BCUT2D eigenvalue weighted by Crippen LogP contribution is 2.28. The van der Waals surface area contributed by atoms with Crippen LogP contribution < -0.4 is 10.1 Å². The summed E-state index contributed by atoms with van der Waals surface area (Å²) < 4.78 is 5.75. The smallest absolute Gasteiger partial charge is 0.320 e. The molecule has 1 aliphatic rings. The molecule has 2 atom stereocenters. The van der Waals surface area contributed by atoms with E-state index in [1.165, 1.54) is 0 Å². The van der Waals surface area contributed by atoms with Crippen LogP contribution >= 0.6 is 0 Å². The van der Waals surface area contributed by atoms with Crippen LogP contribution in [0.5, 0.6) is 5.75 Å². The quantitative estimate of drug-likeness (QED) is 0.890. The normalized spacial score (nSPS) is 20.7. The first-order valence-electron chi connectivity index (χ1n) is 7.48. The summed E-state index contributed by atoms with van der Waals surface area (Å²) in [6.45, 7) is 0.545. The molecular formula is C18H19NO3. The number of carbonyl (C=O) groups is 1. The Labute approximate surface area is 129 Å². The fourth-order valence-electron chi connectivity index (χ4n) is 2.74. The lowest BCUT2D eigenvalue weighted by molar-refractivity contribution is -0.139. The van der Waals surface area contributed by atoms with Gasteiger partial charge in [0.15, 0.2) is 0 Å². The van der Waals surface area contributed by atoms with Gasteiger partial charge in [-0.25, -0.2) is 0 Å². The molecule has 0 aromatic heterocycles. The highest BCUT2D eigenvalue weighted by Gasteiger charge is 2.29. The van der Waals surface area contributed by atoms with Crippen LogP contribution in [0, 0.1) is 0 Å². The van der Waals surface area contributed by atoms with Crippen molar-refractivity contribution in [3.8, 4) is 5.75 Å². The molecule has 4 nitrogen and oxygen atoms in total. The van der Waals surface area contributed by atoms with Crippen molar-refractivity contribution in [2.75, 3.05) is 0 Å². The molecule has 1 fully saturated rings. The molecule has 1 saturated heterocycles. The zero-order valence-electron chi connectivity index (χ0n) is 12.2. The van der Waals surface area contributed by atoms with Crippen LogP contribution in [0.1, 0.15) is 30.0 Å². The van der Waals surface area contributed by atoms with Crippen molar-refractivity contribution in [3.05, 3.63) is 65.7 Å². The summed E-state index contributed by atoms with van der Waals surface area (Å²) in [5.74, 6) is 0.0469. The standard InChI is InChI=1S/C18H19NO3/c20-18(21)17-11-10-16(19-17)14-6-8-15(9-7-14)22-12-13-4-2-1-3-5-13/h1-9,16-17,19H,10-12H2,(H,20,21)/t16-,17?/m1/s1. The van der Waals surface area contributed by atoms with Crippen molar-refractivity contribution < 1.29 is 14.6 Å². The van der Waals surface area contributed by atoms with Gasteiger partial charge in [-0.1, -0.05) is 42.5 Å². The molecule has 0 amide bonds. The predicted molar refractivity (Wildman–Crippen MR) is 83.8 cm³/mol. The summed E-state index contributed by atoms with van der Waals surface area (Å²) in [5.41, 5.74) is 2.24. The van der Waals surface area contributed by atoms with E-state index in [0.717, 1.165) is 23.3 Å². The third-order valence-electron chi connectivity index (χ3n) is 3.98. The van der Waals surface area contributed by atoms with Gasteiger partial charge in [-0.15, -0.1) is 0 Å². The average Bonchev–Trinajstić information content (AvgIpc) is 3.05. The summed E-state index contributed by atoms with van der Waals surface area (Å²) in [6, 6.07) is 17.6. The molecule has 4 heteroatoms. The fraction of sp³-hybridized carbons (Fsp3) is 0.278. The van der Waals surface area contributed by atoms with E-state index in [9.17, 15) is 4.79 Å². The Balaban J connectivity index is 1.58. The molecular weight excluding hydrogens is 278 g/mol. The summed E-state index contributed by atoms with van der Waals surface area (Å²) in [4.78, 5) is 11.0. The minimum absolute atomic E-state index is 0.115. The Bertz CT molecular complexity index is 625. The van der Waals surface area contributed by atoms with Gasteiger partial charge in [0, 0.05) is 6.04 Å². The maximum Gasteiger partial charge on any atom is 0.320 e. The van der Waals surface area contributed by atoms with Gasteiger partial charge in [0.25, 0.3) is 0 Å². The second-order valence-corrected chi connectivity index (χ2v) is 5.53. The molecule has 1 aliphatic heterocycles. The van der Waals surface area contributed by atoms with E-state index in [-0.39, 0.29) is 6.04 Å². The number of carboxylic acid groups (broad SMARTS) is 1. The Hall–Kier alpha value is -2.33. The van der Waals surface area contributed by atoms with Crippen LogP contribution in [0.15, 0.2) is 54.6 Å². The van der Waals surface area contributed by atoms with Gasteiger partial charge < -0.3 is 9.84 Å². The fourth-order valence-corrected chi connectivity index (χ4v) is 2.74. The summed E-state index contributed by atoms with van der Waals surface area (Å²) >= 11 is 0. The average molecular weight is 297 g/mol. The topological polar surface area (TPSA) is 58.6 Å². The number of carboxylic acids is 1. The summed E-state index contributed by atoms with van der Waals surface area (Å²) in [7, 11) is 0. The molecule has 0 saturated carbocycles. The first kappa shape index (κ1) is 14.6. The Morgan fingerprint density at radius 3 is 2.45 bits per heavy atom. The Morgan fingerprint density at radius 2 is 1.82 bits per heavy atom. The van der Waals surface area contributed by atoms with E-state index in [0.29, 0.717) is 13.0 Å². The first-order chi connectivity index (χ1) is 10.7. The van der Waals surface area contributed by atoms with Gasteiger partial charge in [-0.05, 0) is 36.1 Å². The van der Waals surface area contributed by atoms with Crippen LogP contribution in [-0.4, -0.2) is 17.1 Å². The molecule has 114 valence electrons. The molecule has 3 rings (SSSR count). The van der Waals surface area contributed by atoms with Gasteiger partial charge in [-0.2, -0.15) is 0 Å². The van der Waals surface area contributed by atoms with Crippen molar-refractivity contribution in [1.82, 2.24) is 5.32 Å². The second kappa shape index (κ2) is 6.62. The van der Waals surface area contributed by atoms with E-state index >= 15 is 0 Å². The van der Waals surface area contributed by atoms with Gasteiger partial charge in [-0.3, -0.25) is 10.1 Å². The lowest BCUT2D eigenvalue weighted by atomic mass is 10.1. The largest absolute Gasteiger partial charge is 0.489 e. The van der Waals surface area contributed by atoms with Gasteiger partial charge in [0.05, 0.1) is 0 Å². The lowest BCUT2D eigenvalue weighted by Crippen LogP contribution is -2.31. The highest BCUT2D eigenvalue weighted by atomic mass is 16.5. The van der Waals surface area contributed by atoms with E-state index < -0.39 is 12.0 Å². The minimum Gasteiger partial charge on any atom is -0.489 e. The molecule has 2 N–H and O–H groups in total. The molecule has 2 aromatic rings. The molecule has 0 aliphatic carbocycles. The van der Waals surface area contributed by atoms with Crippen LogP contribution in [0.2, 0.25) is 0 Å². The number of hydrogen-bond donors (Lipinski definition) is 2. The highest BCUT2D eigenvalue weighted by molar-refractivity contribution is 5.73. The van der Waals surface area contributed by atoms with Gasteiger partial charge in [0.1, 0.15) is 18.4 Å².